The number of rotatable bonds is 13. The lowest BCUT2D eigenvalue weighted by atomic mass is 10.2. The molecule has 6 rings (SSSR count). The van der Waals surface area contributed by atoms with E-state index in [4.69, 9.17) is 23.0 Å². The first kappa shape index (κ1) is 48.7. The van der Waals surface area contributed by atoms with Gasteiger partial charge in [0.2, 0.25) is 11.8 Å². The molecule has 0 atom stereocenters. The number of carbonyl (C=O) groups is 3. The van der Waals surface area contributed by atoms with Crippen LogP contribution in [-0.4, -0.2) is 130 Å². The van der Waals surface area contributed by atoms with Crippen LogP contribution in [0.15, 0.2) is 55.2 Å². The first-order valence-electron chi connectivity index (χ1n) is 17.2. The van der Waals surface area contributed by atoms with E-state index >= 15 is 0 Å². The summed E-state index contributed by atoms with van der Waals surface area (Å²) in [5, 5.41) is 38.5. The molecule has 0 bridgehead atoms. The average Bonchev–Trinajstić information content (AvgIpc) is 4.08. The van der Waals surface area contributed by atoms with Crippen LogP contribution in [0.1, 0.15) is 41.7 Å². The molecule has 25 heteroatoms. The van der Waals surface area contributed by atoms with Crippen molar-refractivity contribution in [3.05, 3.63) is 53.8 Å². The standard InChI is InChI=1S/C12H13N3O4.C9H15N3O3S.C4H7N3.2C4H6N2OS/c1-3-18-11(16)7-19-12(17)8-4-5-9-10(6-8)15(2)14-13-9;1-3-14-4-5-15-8(13)6-12-7-10-11-9(12)16-2;1-4-3-7(2)6-5-4;2*1-3-5-6-4(7-3)8-2/h4-6H,3,7H2,1-2H3;7H,3-6H2,1-2H3;3H,1-2H3;2*1-2H3/p+1. The topological polar surface area (TPSA) is 260 Å². The highest BCUT2D eigenvalue weighted by Gasteiger charge is 2.15. The van der Waals surface area contributed by atoms with Gasteiger partial charge in [-0.3, -0.25) is 4.68 Å². The highest BCUT2D eigenvalue weighted by Crippen LogP contribution is 2.14. The monoisotopic (exact) mass is 866 g/mol. The lowest BCUT2D eigenvalue weighted by Gasteiger charge is -2.04. The Labute approximate surface area is 346 Å². The Bertz CT molecular complexity index is 2040. The smallest absolute Gasteiger partial charge is 0.344 e. The number of esters is 3. The molecule has 0 amide bonds. The van der Waals surface area contributed by atoms with E-state index in [9.17, 15) is 14.4 Å². The van der Waals surface area contributed by atoms with Crippen molar-refractivity contribution in [1.29, 1.82) is 0 Å². The number of nitrogens with zero attached hydrogens (tertiary/aromatic N) is 12. The van der Waals surface area contributed by atoms with Crippen LogP contribution in [0.25, 0.3) is 11.0 Å². The molecule has 316 valence electrons. The number of carbonyl (C=O) groups excluding carboxylic acids is 3. The number of aromatic amines is 1. The Hall–Kier alpha value is -5.40. The molecular formula is C33H48N13O9S3+. The molecular weight excluding hydrogens is 819 g/mol. The van der Waals surface area contributed by atoms with Gasteiger partial charge in [0.05, 0.1) is 30.0 Å². The zero-order valence-corrected chi connectivity index (χ0v) is 36.3. The molecule has 0 unspecified atom stereocenters. The molecule has 0 radical (unpaired) electrons. The average molecular weight is 867 g/mol. The molecule has 0 saturated carbocycles. The SMILES string of the molecule is CCOC(=O)COC(=O)c1ccc2nnn(C)c2c1.CCOCCOC(=O)C[n+]1cn[nH]c1SC.CSc1nnc(C)o1.CSc1nnc(C)o1.Cc1cn(C)nn1. The van der Waals surface area contributed by atoms with Crippen molar-refractivity contribution in [1.82, 2.24) is 60.6 Å². The van der Waals surface area contributed by atoms with Crippen LogP contribution in [-0.2, 0) is 49.2 Å². The first-order valence-corrected chi connectivity index (χ1v) is 20.8. The van der Waals surface area contributed by atoms with Crippen molar-refractivity contribution in [3.8, 4) is 0 Å². The van der Waals surface area contributed by atoms with E-state index in [1.807, 2.05) is 45.9 Å². The maximum absolute atomic E-state index is 11.8. The minimum absolute atomic E-state index is 0.165. The summed E-state index contributed by atoms with van der Waals surface area (Å²) < 4.78 is 34.4. The van der Waals surface area contributed by atoms with E-state index in [1.54, 1.807) is 66.3 Å². The minimum Gasteiger partial charge on any atom is -0.463 e. The van der Waals surface area contributed by atoms with Crippen molar-refractivity contribution in [2.45, 2.75) is 56.8 Å². The molecule has 0 saturated heterocycles. The molecule has 0 fully saturated rings. The van der Waals surface area contributed by atoms with Gasteiger partial charge in [-0.15, -0.1) is 35.7 Å². The largest absolute Gasteiger partial charge is 0.463 e. The van der Waals surface area contributed by atoms with Gasteiger partial charge >= 0.3 is 17.9 Å². The Morgan fingerprint density at radius 2 is 1.47 bits per heavy atom. The van der Waals surface area contributed by atoms with E-state index < -0.39 is 18.5 Å². The fourth-order valence-electron chi connectivity index (χ4n) is 3.84. The van der Waals surface area contributed by atoms with Crippen molar-refractivity contribution in [3.63, 3.8) is 0 Å². The van der Waals surface area contributed by atoms with Gasteiger partial charge in [-0.05, 0) is 57.7 Å². The summed E-state index contributed by atoms with van der Waals surface area (Å²) in [6.07, 6.45) is 9.12. The van der Waals surface area contributed by atoms with Gasteiger partial charge < -0.3 is 27.8 Å². The van der Waals surface area contributed by atoms with Crippen LogP contribution in [0.5, 0.6) is 0 Å². The third-order valence-corrected chi connectivity index (χ3v) is 8.10. The molecule has 0 spiro atoms. The van der Waals surface area contributed by atoms with Crippen LogP contribution < -0.4 is 4.57 Å². The molecule has 0 aliphatic heterocycles. The van der Waals surface area contributed by atoms with E-state index in [0.29, 0.717) is 58.6 Å². The summed E-state index contributed by atoms with van der Waals surface area (Å²) in [5.41, 5.74) is 2.69. The third-order valence-electron chi connectivity index (χ3n) is 6.36. The van der Waals surface area contributed by atoms with Gasteiger partial charge in [-0.2, -0.15) is 0 Å². The Balaban J connectivity index is 0.000000266. The van der Waals surface area contributed by atoms with E-state index in [-0.39, 0.29) is 19.1 Å². The van der Waals surface area contributed by atoms with Crippen LogP contribution in [0.3, 0.4) is 0 Å². The second kappa shape index (κ2) is 27.3. The number of ether oxygens (including phenoxy) is 4. The zero-order chi connectivity index (χ0) is 42.9. The minimum atomic E-state index is -0.587. The highest BCUT2D eigenvalue weighted by molar-refractivity contribution is 7.98. The fraction of sp³-hybridized carbons (Fsp3) is 0.485. The number of hydrogen-bond acceptors (Lipinski definition) is 21. The van der Waals surface area contributed by atoms with Gasteiger partial charge in [0, 0.05) is 45.8 Å². The second-order valence-electron chi connectivity index (χ2n) is 10.8. The third kappa shape index (κ3) is 18.7. The lowest BCUT2D eigenvalue weighted by Crippen LogP contribution is -2.39. The molecule has 0 aliphatic carbocycles. The summed E-state index contributed by atoms with van der Waals surface area (Å²) in [7, 11) is 3.57. The lowest BCUT2D eigenvalue weighted by molar-refractivity contribution is -0.722. The van der Waals surface area contributed by atoms with Crippen molar-refractivity contribution >= 4 is 64.2 Å². The Morgan fingerprint density at radius 1 is 0.793 bits per heavy atom. The predicted molar refractivity (Wildman–Crippen MR) is 211 cm³/mol. The Morgan fingerprint density at radius 3 is 1.95 bits per heavy atom. The number of fused-ring (bicyclic) bond motifs is 1. The summed E-state index contributed by atoms with van der Waals surface area (Å²) in [6, 6.07) is 4.86. The van der Waals surface area contributed by atoms with Crippen molar-refractivity contribution in [2.75, 3.05) is 51.8 Å². The quantitative estimate of drug-likeness (QED) is 0.0575. The number of benzene rings is 1. The molecule has 0 aliphatic rings. The number of nitrogens with one attached hydrogen (secondary N) is 1. The molecule has 5 heterocycles. The van der Waals surface area contributed by atoms with Crippen molar-refractivity contribution < 1.29 is 46.7 Å². The van der Waals surface area contributed by atoms with Gasteiger partial charge in [0.15, 0.2) is 13.2 Å². The van der Waals surface area contributed by atoms with E-state index in [0.717, 1.165) is 10.9 Å². The number of aryl methyl sites for hydroxylation is 5. The van der Waals surface area contributed by atoms with Crippen LogP contribution in [0.4, 0.5) is 0 Å². The Kier molecular flexibility index (Phi) is 22.9. The van der Waals surface area contributed by atoms with Gasteiger partial charge in [-0.25, -0.2) is 23.6 Å². The maximum Gasteiger partial charge on any atom is 0.344 e. The van der Waals surface area contributed by atoms with Crippen LogP contribution in [0.2, 0.25) is 0 Å². The predicted octanol–water partition coefficient (Wildman–Crippen LogP) is 3.01. The molecule has 5 aromatic heterocycles. The number of hydrogen-bond donors (Lipinski definition) is 1. The molecule has 58 heavy (non-hydrogen) atoms. The molecule has 1 aromatic carbocycles. The van der Waals surface area contributed by atoms with E-state index in [1.165, 1.54) is 35.3 Å². The van der Waals surface area contributed by atoms with Crippen LogP contribution in [0, 0.1) is 20.8 Å². The number of thioether (sulfide) groups is 3. The van der Waals surface area contributed by atoms with Gasteiger partial charge in [0.25, 0.3) is 21.9 Å². The zero-order valence-electron chi connectivity index (χ0n) is 33.9. The molecule has 22 nitrogen and oxygen atoms in total. The molecule has 6 aromatic rings. The highest BCUT2D eigenvalue weighted by atomic mass is 32.2. The number of H-pyrrole nitrogens is 1. The summed E-state index contributed by atoms with van der Waals surface area (Å²) in [6.45, 7) is 10.4. The summed E-state index contributed by atoms with van der Waals surface area (Å²) in [5.74, 6) is -0.208. The summed E-state index contributed by atoms with van der Waals surface area (Å²) in [4.78, 5) is 34.2. The van der Waals surface area contributed by atoms with Gasteiger partial charge in [-0.1, -0.05) is 45.7 Å². The van der Waals surface area contributed by atoms with Crippen molar-refractivity contribution in [2.24, 2.45) is 14.1 Å². The number of aromatic nitrogens is 13. The first-order chi connectivity index (χ1) is 27.8. The molecule has 1 N–H and O–H groups in total. The fourth-order valence-corrected chi connectivity index (χ4v) is 4.99. The summed E-state index contributed by atoms with van der Waals surface area (Å²) >= 11 is 4.39. The maximum atomic E-state index is 11.8. The van der Waals surface area contributed by atoms with E-state index in [2.05, 4.69) is 56.0 Å². The van der Waals surface area contributed by atoms with Crippen LogP contribution >= 0.6 is 35.3 Å². The van der Waals surface area contributed by atoms with Gasteiger partial charge in [0.1, 0.15) is 12.1 Å². The normalized spacial score (nSPS) is 10.1. The second-order valence-corrected chi connectivity index (χ2v) is 13.1.